The lowest BCUT2D eigenvalue weighted by molar-refractivity contribution is -0.118. The zero-order chi connectivity index (χ0) is 22.3. The van der Waals surface area contributed by atoms with Crippen LogP contribution in [-0.2, 0) is 11.2 Å². The van der Waals surface area contributed by atoms with Crippen molar-refractivity contribution in [3.63, 3.8) is 0 Å². The number of hydrogen-bond acceptors (Lipinski definition) is 6. The Morgan fingerprint density at radius 1 is 1.09 bits per heavy atom. The van der Waals surface area contributed by atoms with E-state index in [1.807, 2.05) is 72.2 Å². The van der Waals surface area contributed by atoms with Gasteiger partial charge in [0.15, 0.2) is 11.0 Å². The zero-order valence-electron chi connectivity index (χ0n) is 17.9. The van der Waals surface area contributed by atoms with E-state index in [0.717, 1.165) is 34.7 Å². The van der Waals surface area contributed by atoms with E-state index >= 15 is 0 Å². The summed E-state index contributed by atoms with van der Waals surface area (Å²) in [6.07, 6.45) is 2.39. The predicted octanol–water partition coefficient (Wildman–Crippen LogP) is 4.30. The van der Waals surface area contributed by atoms with Gasteiger partial charge in [0.05, 0.1) is 24.7 Å². The Morgan fingerprint density at radius 3 is 2.56 bits per heavy atom. The molecule has 0 saturated carbocycles. The minimum absolute atomic E-state index is 0.0489. The summed E-state index contributed by atoms with van der Waals surface area (Å²) < 4.78 is 12.6. The highest BCUT2D eigenvalue weighted by Crippen LogP contribution is 2.30. The van der Waals surface area contributed by atoms with Crippen molar-refractivity contribution in [3.8, 4) is 22.8 Å². The SMILES string of the molecule is COc1ccc(CCNC(=O)CSc2nnc(-c3ccoc3C)n2-c2ccccc2)cc1. The number of amides is 1. The monoisotopic (exact) mass is 448 g/mol. The standard InChI is InChI=1S/C24H24N4O3S/c1-17-21(13-15-31-17)23-26-27-24(28(23)19-6-4-3-5-7-19)32-16-22(29)25-14-12-18-8-10-20(30-2)11-9-18/h3-11,13,15H,12,14,16H2,1-2H3,(H,25,29). The molecule has 164 valence electrons. The number of aromatic nitrogens is 3. The lowest BCUT2D eigenvalue weighted by Gasteiger charge is -2.10. The quantitative estimate of drug-likeness (QED) is 0.385. The minimum atomic E-state index is -0.0489. The number of carbonyl (C=O) groups excluding carboxylic acids is 1. The number of rotatable bonds is 9. The number of hydrogen-bond donors (Lipinski definition) is 1. The van der Waals surface area contributed by atoms with Gasteiger partial charge in [-0.2, -0.15) is 0 Å². The second kappa shape index (κ2) is 10.2. The average molecular weight is 449 g/mol. The fourth-order valence-electron chi connectivity index (χ4n) is 3.28. The first-order valence-electron chi connectivity index (χ1n) is 10.2. The smallest absolute Gasteiger partial charge is 0.230 e. The maximum atomic E-state index is 12.4. The Bertz CT molecular complexity index is 1170. The van der Waals surface area contributed by atoms with Gasteiger partial charge in [-0.25, -0.2) is 0 Å². The Hall–Kier alpha value is -3.52. The van der Waals surface area contributed by atoms with E-state index in [2.05, 4.69) is 15.5 Å². The Labute approximate surface area is 190 Å². The van der Waals surface area contributed by atoms with Gasteiger partial charge in [0.2, 0.25) is 5.91 Å². The van der Waals surface area contributed by atoms with Gasteiger partial charge in [-0.15, -0.1) is 10.2 Å². The van der Waals surface area contributed by atoms with Crippen LogP contribution in [-0.4, -0.2) is 40.1 Å². The number of aryl methyl sites for hydroxylation is 1. The van der Waals surface area contributed by atoms with E-state index in [9.17, 15) is 4.79 Å². The summed E-state index contributed by atoms with van der Waals surface area (Å²) in [5.41, 5.74) is 2.94. The third kappa shape index (κ3) is 5.03. The van der Waals surface area contributed by atoms with Gasteiger partial charge >= 0.3 is 0 Å². The van der Waals surface area contributed by atoms with Crippen molar-refractivity contribution in [1.29, 1.82) is 0 Å². The van der Waals surface area contributed by atoms with E-state index in [-0.39, 0.29) is 11.7 Å². The summed E-state index contributed by atoms with van der Waals surface area (Å²) in [6, 6.07) is 19.6. The van der Waals surface area contributed by atoms with Crippen LogP contribution in [0.5, 0.6) is 5.75 Å². The molecule has 2 aromatic carbocycles. The third-order valence-electron chi connectivity index (χ3n) is 4.97. The van der Waals surface area contributed by atoms with Crippen LogP contribution in [0.15, 0.2) is 76.5 Å². The zero-order valence-corrected chi connectivity index (χ0v) is 18.8. The number of para-hydroxylation sites is 1. The van der Waals surface area contributed by atoms with Gasteiger partial charge in [0.25, 0.3) is 0 Å². The van der Waals surface area contributed by atoms with E-state index in [4.69, 9.17) is 9.15 Å². The molecule has 32 heavy (non-hydrogen) atoms. The van der Waals surface area contributed by atoms with Crippen LogP contribution >= 0.6 is 11.8 Å². The van der Waals surface area contributed by atoms with Gasteiger partial charge < -0.3 is 14.5 Å². The molecule has 0 aliphatic rings. The number of carbonyl (C=O) groups is 1. The van der Waals surface area contributed by atoms with Crippen molar-refractivity contribution >= 4 is 17.7 Å². The Balaban J connectivity index is 1.41. The maximum Gasteiger partial charge on any atom is 0.230 e. The molecule has 0 aliphatic carbocycles. The minimum Gasteiger partial charge on any atom is -0.497 e. The van der Waals surface area contributed by atoms with E-state index in [1.165, 1.54) is 11.8 Å². The largest absolute Gasteiger partial charge is 0.497 e. The molecule has 1 amide bonds. The van der Waals surface area contributed by atoms with Gasteiger partial charge in [-0.3, -0.25) is 9.36 Å². The van der Waals surface area contributed by atoms with Crippen LogP contribution in [0, 0.1) is 6.92 Å². The molecule has 0 bridgehead atoms. The van der Waals surface area contributed by atoms with Gasteiger partial charge in [0.1, 0.15) is 11.5 Å². The molecule has 2 aromatic heterocycles. The van der Waals surface area contributed by atoms with Crippen LogP contribution in [0.2, 0.25) is 0 Å². The topological polar surface area (TPSA) is 82.2 Å². The number of benzene rings is 2. The summed E-state index contributed by atoms with van der Waals surface area (Å²) in [6.45, 7) is 2.46. The highest BCUT2D eigenvalue weighted by Gasteiger charge is 2.19. The molecule has 0 aliphatic heterocycles. The normalized spacial score (nSPS) is 10.8. The maximum absolute atomic E-state index is 12.4. The molecular weight excluding hydrogens is 424 g/mol. The molecule has 0 unspecified atom stereocenters. The second-order valence-electron chi connectivity index (χ2n) is 7.10. The number of nitrogens with one attached hydrogen (secondary N) is 1. The van der Waals surface area contributed by atoms with E-state index < -0.39 is 0 Å². The summed E-state index contributed by atoms with van der Waals surface area (Å²) in [5, 5.41) is 12.3. The number of methoxy groups -OCH3 is 1. The summed E-state index contributed by atoms with van der Waals surface area (Å²) >= 11 is 1.36. The number of ether oxygens (including phenoxy) is 1. The van der Waals surface area contributed by atoms with E-state index in [0.29, 0.717) is 17.5 Å². The number of furan rings is 1. The van der Waals surface area contributed by atoms with Gasteiger partial charge in [-0.1, -0.05) is 42.1 Å². The molecule has 0 spiro atoms. The second-order valence-corrected chi connectivity index (χ2v) is 8.05. The molecule has 7 nitrogen and oxygen atoms in total. The molecular formula is C24H24N4O3S. The highest BCUT2D eigenvalue weighted by atomic mass is 32.2. The van der Waals surface area contributed by atoms with Crippen molar-refractivity contribution in [2.75, 3.05) is 19.4 Å². The Kier molecular flexibility index (Phi) is 6.91. The fourth-order valence-corrected chi connectivity index (χ4v) is 4.07. The van der Waals surface area contributed by atoms with Crippen LogP contribution in [0.25, 0.3) is 17.1 Å². The van der Waals surface area contributed by atoms with Crippen molar-refractivity contribution in [1.82, 2.24) is 20.1 Å². The lowest BCUT2D eigenvalue weighted by atomic mass is 10.1. The first kappa shape index (κ1) is 21.7. The van der Waals surface area contributed by atoms with Crippen molar-refractivity contribution < 1.29 is 13.9 Å². The average Bonchev–Trinajstić information content (AvgIpc) is 3.44. The van der Waals surface area contributed by atoms with Crippen LogP contribution < -0.4 is 10.1 Å². The first-order chi connectivity index (χ1) is 15.7. The molecule has 0 atom stereocenters. The molecule has 0 saturated heterocycles. The van der Waals surface area contributed by atoms with Gasteiger partial charge in [0, 0.05) is 12.2 Å². The molecule has 4 rings (SSSR count). The van der Waals surface area contributed by atoms with Crippen molar-refractivity contribution in [2.24, 2.45) is 0 Å². The van der Waals surface area contributed by atoms with Crippen molar-refractivity contribution in [2.45, 2.75) is 18.5 Å². The number of nitrogens with zero attached hydrogens (tertiary/aromatic N) is 3. The summed E-state index contributed by atoms with van der Waals surface area (Å²) in [4.78, 5) is 12.4. The van der Waals surface area contributed by atoms with Crippen LogP contribution in [0.3, 0.4) is 0 Å². The molecule has 4 aromatic rings. The lowest BCUT2D eigenvalue weighted by Crippen LogP contribution is -2.27. The predicted molar refractivity (Wildman–Crippen MR) is 124 cm³/mol. The Morgan fingerprint density at radius 2 is 1.88 bits per heavy atom. The van der Waals surface area contributed by atoms with E-state index in [1.54, 1.807) is 13.4 Å². The molecule has 0 fully saturated rings. The van der Waals surface area contributed by atoms with Crippen LogP contribution in [0.4, 0.5) is 0 Å². The molecule has 8 heteroatoms. The number of thioether (sulfide) groups is 1. The van der Waals surface area contributed by atoms with Crippen LogP contribution in [0.1, 0.15) is 11.3 Å². The summed E-state index contributed by atoms with van der Waals surface area (Å²) in [7, 11) is 1.64. The van der Waals surface area contributed by atoms with Gasteiger partial charge in [-0.05, 0) is 49.2 Å². The third-order valence-corrected chi connectivity index (χ3v) is 5.90. The highest BCUT2D eigenvalue weighted by molar-refractivity contribution is 7.99. The first-order valence-corrected chi connectivity index (χ1v) is 11.2. The molecule has 2 heterocycles. The molecule has 1 N–H and O–H groups in total. The fraction of sp³-hybridized carbons (Fsp3) is 0.208. The summed E-state index contributed by atoms with van der Waals surface area (Å²) in [5.74, 6) is 2.47. The molecule has 0 radical (unpaired) electrons. The van der Waals surface area contributed by atoms with Crippen molar-refractivity contribution in [3.05, 3.63) is 78.3 Å².